The number of nitrogens with one attached hydrogen (secondary N) is 3. The summed E-state index contributed by atoms with van der Waals surface area (Å²) in [4.78, 5) is 32.7. The molecule has 4 rings (SSSR count). The molecule has 0 saturated carbocycles. The Morgan fingerprint density at radius 2 is 1.72 bits per heavy atom. The third-order valence-corrected chi connectivity index (χ3v) is 8.32. The first-order valence-electron chi connectivity index (χ1n) is 14.7. The molecule has 2 unspecified atom stereocenters. The zero-order valence-corrected chi connectivity index (χ0v) is 26.0. The summed E-state index contributed by atoms with van der Waals surface area (Å²) in [7, 11) is 1.63. The number of carbonyl (C=O) groups excluding carboxylic acids is 2. The summed E-state index contributed by atoms with van der Waals surface area (Å²) in [5.74, 6) is 0.337. The summed E-state index contributed by atoms with van der Waals surface area (Å²) >= 11 is 12.3. The molecule has 0 spiro atoms. The minimum atomic E-state index is -0.399. The van der Waals surface area contributed by atoms with Crippen molar-refractivity contribution in [3.8, 4) is 0 Å². The van der Waals surface area contributed by atoms with Crippen LogP contribution >= 0.6 is 23.2 Å². The third kappa shape index (κ3) is 9.71. The van der Waals surface area contributed by atoms with Crippen LogP contribution in [0.15, 0.2) is 83.9 Å². The molecule has 2 atom stereocenters. The molecule has 1 saturated heterocycles. The van der Waals surface area contributed by atoms with E-state index in [4.69, 9.17) is 28.9 Å². The summed E-state index contributed by atoms with van der Waals surface area (Å²) in [6, 6.07) is 25.3. The Labute approximate surface area is 264 Å². The number of benzene rings is 3. The number of nitrogens with zero attached hydrogens (tertiary/aromatic N) is 2. The van der Waals surface area contributed by atoms with Gasteiger partial charge in [-0.15, -0.1) is 0 Å². The monoisotopic (exact) mass is 622 g/mol. The molecule has 0 aliphatic carbocycles. The van der Waals surface area contributed by atoms with Gasteiger partial charge in [0.15, 0.2) is 5.96 Å². The van der Waals surface area contributed by atoms with Crippen molar-refractivity contribution < 1.29 is 9.59 Å². The maximum Gasteiger partial charge on any atom is 0.239 e. The zero-order valence-electron chi connectivity index (χ0n) is 24.4. The first kappa shape index (κ1) is 32.3. The number of nitrogens with two attached hydrogens (primary N) is 1. The van der Waals surface area contributed by atoms with Crippen molar-refractivity contribution in [3.63, 3.8) is 0 Å². The smallest absolute Gasteiger partial charge is 0.239 e. The van der Waals surface area contributed by atoms with E-state index < -0.39 is 6.04 Å². The van der Waals surface area contributed by atoms with Gasteiger partial charge in [0.25, 0.3) is 0 Å². The average molecular weight is 624 g/mol. The third-order valence-electron chi connectivity index (χ3n) is 7.73. The van der Waals surface area contributed by atoms with Crippen LogP contribution in [0.3, 0.4) is 0 Å². The molecular weight excluding hydrogens is 583 g/mol. The number of carbonyl (C=O) groups is 2. The van der Waals surface area contributed by atoms with Gasteiger partial charge in [-0.25, -0.2) is 0 Å². The Bertz CT molecular complexity index is 1330. The lowest BCUT2D eigenvalue weighted by Crippen LogP contribution is -2.49. The lowest BCUT2D eigenvalue weighted by atomic mass is 9.90. The minimum absolute atomic E-state index is 0.0367. The van der Waals surface area contributed by atoms with Crippen LogP contribution in [0.4, 0.5) is 0 Å². The molecule has 1 fully saturated rings. The Kier molecular flexibility index (Phi) is 12.3. The van der Waals surface area contributed by atoms with Crippen molar-refractivity contribution in [1.29, 1.82) is 0 Å². The molecule has 0 radical (unpaired) electrons. The van der Waals surface area contributed by atoms with E-state index in [2.05, 4.69) is 45.2 Å². The van der Waals surface area contributed by atoms with Crippen LogP contribution in [0.25, 0.3) is 0 Å². The Balaban J connectivity index is 1.46. The summed E-state index contributed by atoms with van der Waals surface area (Å²) in [6.07, 6.45) is 2.20. The fraction of sp³-hybridized carbons (Fsp3) is 0.364. The van der Waals surface area contributed by atoms with Crippen LogP contribution in [-0.4, -0.2) is 68.0 Å². The first-order valence-corrected chi connectivity index (χ1v) is 15.4. The number of rotatable bonds is 12. The molecule has 10 heteroatoms. The van der Waals surface area contributed by atoms with Crippen molar-refractivity contribution in [3.05, 3.63) is 106 Å². The van der Waals surface area contributed by atoms with Gasteiger partial charge >= 0.3 is 0 Å². The molecule has 1 aliphatic heterocycles. The van der Waals surface area contributed by atoms with Crippen LogP contribution < -0.4 is 21.7 Å². The second kappa shape index (κ2) is 16.3. The van der Waals surface area contributed by atoms with Gasteiger partial charge in [-0.1, -0.05) is 89.9 Å². The van der Waals surface area contributed by atoms with Crippen LogP contribution in [0.2, 0.25) is 10.0 Å². The minimum Gasteiger partial charge on any atom is -0.370 e. The van der Waals surface area contributed by atoms with Crippen LogP contribution in [-0.2, 0) is 16.0 Å². The van der Waals surface area contributed by atoms with Gasteiger partial charge in [-0.2, -0.15) is 0 Å². The van der Waals surface area contributed by atoms with Crippen molar-refractivity contribution in [2.45, 2.75) is 43.7 Å². The highest BCUT2D eigenvalue weighted by Crippen LogP contribution is 2.27. The quantitative estimate of drug-likeness (QED) is 0.136. The van der Waals surface area contributed by atoms with Gasteiger partial charge in [-0.05, 0) is 48.1 Å². The summed E-state index contributed by atoms with van der Waals surface area (Å²) in [5.41, 5.74) is 8.83. The van der Waals surface area contributed by atoms with Crippen molar-refractivity contribution in [2.75, 3.05) is 33.2 Å². The van der Waals surface area contributed by atoms with Gasteiger partial charge in [0.05, 0.1) is 12.5 Å². The topological polar surface area (TPSA) is 112 Å². The van der Waals surface area contributed by atoms with Crippen molar-refractivity contribution in [2.24, 2.45) is 10.7 Å². The molecule has 1 heterocycles. The lowest BCUT2D eigenvalue weighted by molar-refractivity contribution is -0.133. The number of amides is 2. The number of aliphatic imine (C=N–C) groups is 1. The fourth-order valence-corrected chi connectivity index (χ4v) is 5.84. The molecule has 228 valence electrons. The van der Waals surface area contributed by atoms with E-state index in [-0.39, 0.29) is 30.2 Å². The van der Waals surface area contributed by atoms with E-state index in [1.807, 2.05) is 41.3 Å². The Morgan fingerprint density at radius 1 is 1.05 bits per heavy atom. The van der Waals surface area contributed by atoms with E-state index in [1.165, 1.54) is 11.1 Å². The van der Waals surface area contributed by atoms with Gasteiger partial charge in [-0.3, -0.25) is 14.6 Å². The second-order valence-corrected chi connectivity index (χ2v) is 11.6. The van der Waals surface area contributed by atoms with Crippen LogP contribution in [0, 0.1) is 0 Å². The summed E-state index contributed by atoms with van der Waals surface area (Å²) < 4.78 is 0. The SMILES string of the molecule is CN=C(N)NCCCC1NC(CNC(=O)Cc2ccc(Cl)cc2Cl)CCN(CC(c2ccccc2)c2ccccc2)C1=O. The second-order valence-electron chi connectivity index (χ2n) is 10.8. The number of hydrogen-bond donors (Lipinski definition) is 4. The molecule has 0 bridgehead atoms. The van der Waals surface area contributed by atoms with E-state index in [0.717, 1.165) is 6.42 Å². The van der Waals surface area contributed by atoms with E-state index >= 15 is 0 Å². The van der Waals surface area contributed by atoms with Crippen LogP contribution in [0.5, 0.6) is 0 Å². The molecule has 1 aliphatic rings. The lowest BCUT2D eigenvalue weighted by Gasteiger charge is -2.29. The van der Waals surface area contributed by atoms with Gasteiger partial charge in [0.2, 0.25) is 11.8 Å². The molecular formula is C33H40Cl2N6O2. The highest BCUT2D eigenvalue weighted by molar-refractivity contribution is 6.35. The molecule has 3 aromatic carbocycles. The normalized spacial score (nSPS) is 17.5. The van der Waals surface area contributed by atoms with Crippen molar-refractivity contribution >= 4 is 41.0 Å². The highest BCUT2D eigenvalue weighted by Gasteiger charge is 2.32. The number of halogens is 2. The molecule has 8 nitrogen and oxygen atoms in total. The molecule has 3 aromatic rings. The molecule has 5 N–H and O–H groups in total. The summed E-state index contributed by atoms with van der Waals surface area (Å²) in [6.45, 7) is 2.15. The average Bonchev–Trinajstić information content (AvgIpc) is 3.17. The number of hydrogen-bond acceptors (Lipinski definition) is 4. The predicted octanol–water partition coefficient (Wildman–Crippen LogP) is 4.36. The standard InChI is InChI=1S/C33H40Cl2N6O2/c1-37-33(36)38-17-8-13-30-32(43)41(22-28(23-9-4-2-5-10-23)24-11-6-3-7-12-24)18-16-27(40-30)21-39-31(42)19-25-14-15-26(34)20-29(25)35/h2-7,9-12,14-15,20,27-28,30,40H,8,13,16-19,21-22H2,1H3,(H,39,42)(H3,36,37,38). The van der Waals surface area contributed by atoms with Gasteiger partial charge in [0.1, 0.15) is 0 Å². The zero-order chi connectivity index (χ0) is 30.6. The number of guanidine groups is 1. The predicted molar refractivity (Wildman–Crippen MR) is 175 cm³/mol. The Hall–Kier alpha value is -3.59. The summed E-state index contributed by atoms with van der Waals surface area (Å²) in [5, 5.41) is 10.6. The van der Waals surface area contributed by atoms with E-state index in [9.17, 15) is 9.59 Å². The Morgan fingerprint density at radius 3 is 2.35 bits per heavy atom. The fourth-order valence-electron chi connectivity index (χ4n) is 5.36. The molecule has 0 aromatic heterocycles. The maximum atomic E-state index is 14.0. The van der Waals surface area contributed by atoms with Crippen molar-refractivity contribution in [1.82, 2.24) is 20.9 Å². The molecule has 43 heavy (non-hydrogen) atoms. The largest absolute Gasteiger partial charge is 0.370 e. The van der Waals surface area contributed by atoms with Gasteiger partial charge < -0.3 is 26.6 Å². The maximum absolute atomic E-state index is 14.0. The van der Waals surface area contributed by atoms with E-state index in [1.54, 1.807) is 25.2 Å². The van der Waals surface area contributed by atoms with Crippen LogP contribution in [0.1, 0.15) is 41.9 Å². The first-order chi connectivity index (χ1) is 20.8. The molecule has 2 amide bonds. The van der Waals surface area contributed by atoms with Gasteiger partial charge in [0, 0.05) is 55.2 Å². The van der Waals surface area contributed by atoms with E-state index in [0.29, 0.717) is 60.6 Å². The highest BCUT2D eigenvalue weighted by atomic mass is 35.5.